The molecule has 2 aromatic carbocycles. The Balaban J connectivity index is 1.34. The largest absolute Gasteiger partial charge is 0.417 e. The quantitative estimate of drug-likeness (QED) is 0.703. The van der Waals surface area contributed by atoms with E-state index in [1.165, 1.54) is 12.1 Å². The standard InChI is InChI=1S/C23H25F3N2O3S/c24-23(25,26)18-8-4-5-9-20(18)32(30,31)28-14-11-22(12-15-28)16-19(22)21(29)27-13-10-17-6-2-1-3-7-17/h1-9,19H,10-16H2,(H,27,29). The van der Waals surface area contributed by atoms with Crippen LogP contribution in [0.2, 0.25) is 0 Å². The molecule has 1 unspecified atom stereocenters. The lowest BCUT2D eigenvalue weighted by atomic mass is 9.91. The lowest BCUT2D eigenvalue weighted by molar-refractivity contribution is -0.140. The van der Waals surface area contributed by atoms with Crippen molar-refractivity contribution in [1.29, 1.82) is 0 Å². The van der Waals surface area contributed by atoms with Gasteiger partial charge in [-0.05, 0) is 48.8 Å². The molecule has 1 aliphatic carbocycles. The van der Waals surface area contributed by atoms with Crippen LogP contribution in [-0.4, -0.2) is 38.3 Å². The van der Waals surface area contributed by atoms with Crippen LogP contribution in [0.15, 0.2) is 59.5 Å². The fourth-order valence-corrected chi connectivity index (χ4v) is 6.26. The van der Waals surface area contributed by atoms with Crippen LogP contribution >= 0.6 is 0 Å². The second-order valence-electron chi connectivity index (χ2n) is 8.54. The van der Waals surface area contributed by atoms with Gasteiger partial charge in [-0.1, -0.05) is 42.5 Å². The zero-order valence-electron chi connectivity index (χ0n) is 17.4. The Morgan fingerprint density at radius 1 is 1.03 bits per heavy atom. The third kappa shape index (κ3) is 4.54. The number of hydrogen-bond donors (Lipinski definition) is 1. The summed E-state index contributed by atoms with van der Waals surface area (Å²) in [6, 6.07) is 14.1. The summed E-state index contributed by atoms with van der Waals surface area (Å²) < 4.78 is 66.9. The number of nitrogens with zero attached hydrogens (tertiary/aromatic N) is 1. The van der Waals surface area contributed by atoms with Crippen LogP contribution in [0.1, 0.15) is 30.4 Å². The molecule has 1 amide bonds. The number of halogens is 3. The van der Waals surface area contributed by atoms with Gasteiger partial charge in [0.2, 0.25) is 15.9 Å². The van der Waals surface area contributed by atoms with Gasteiger partial charge in [0.1, 0.15) is 0 Å². The number of nitrogens with one attached hydrogen (secondary N) is 1. The second kappa shape index (κ2) is 8.51. The van der Waals surface area contributed by atoms with Gasteiger partial charge in [0.15, 0.2) is 0 Å². The number of amides is 1. The SMILES string of the molecule is O=C(NCCc1ccccc1)C1CC12CCN(S(=O)(=O)c1ccccc1C(F)(F)F)CC2. The van der Waals surface area contributed by atoms with E-state index in [-0.39, 0.29) is 30.3 Å². The predicted octanol–water partition coefficient (Wildman–Crippen LogP) is 3.86. The molecule has 0 radical (unpaired) electrons. The second-order valence-corrected chi connectivity index (χ2v) is 10.5. The van der Waals surface area contributed by atoms with Crippen molar-refractivity contribution in [3.63, 3.8) is 0 Å². The van der Waals surface area contributed by atoms with Gasteiger partial charge in [-0.15, -0.1) is 0 Å². The van der Waals surface area contributed by atoms with E-state index in [0.29, 0.717) is 25.8 Å². The normalized spacial score (nSPS) is 20.8. The molecule has 32 heavy (non-hydrogen) atoms. The van der Waals surface area contributed by atoms with Crippen LogP contribution in [0.5, 0.6) is 0 Å². The Kier molecular flexibility index (Phi) is 6.06. The van der Waals surface area contributed by atoms with Gasteiger partial charge in [-0.2, -0.15) is 17.5 Å². The molecule has 1 spiro atoms. The summed E-state index contributed by atoms with van der Waals surface area (Å²) in [5.41, 5.74) is -0.259. The van der Waals surface area contributed by atoms with Crippen molar-refractivity contribution < 1.29 is 26.4 Å². The van der Waals surface area contributed by atoms with Crippen LogP contribution < -0.4 is 5.32 Å². The minimum atomic E-state index is -4.75. The number of rotatable bonds is 6. The Labute approximate surface area is 185 Å². The van der Waals surface area contributed by atoms with Crippen molar-refractivity contribution in [3.05, 3.63) is 65.7 Å². The van der Waals surface area contributed by atoms with E-state index >= 15 is 0 Å². The minimum absolute atomic E-state index is 0.0281. The summed E-state index contributed by atoms with van der Waals surface area (Å²) in [7, 11) is -4.27. The maximum atomic E-state index is 13.3. The third-order valence-corrected chi connectivity index (χ3v) is 8.55. The Morgan fingerprint density at radius 2 is 1.66 bits per heavy atom. The first-order chi connectivity index (χ1) is 15.1. The summed E-state index contributed by atoms with van der Waals surface area (Å²) in [6.45, 7) is 0.759. The molecule has 1 saturated carbocycles. The van der Waals surface area contributed by atoms with Crippen LogP contribution in [0.3, 0.4) is 0 Å². The molecule has 1 N–H and O–H groups in total. The van der Waals surface area contributed by atoms with E-state index in [1.807, 2.05) is 30.3 Å². The van der Waals surface area contributed by atoms with E-state index in [9.17, 15) is 26.4 Å². The van der Waals surface area contributed by atoms with Gasteiger partial charge in [-0.3, -0.25) is 4.79 Å². The third-order valence-electron chi connectivity index (χ3n) is 6.59. The average Bonchev–Trinajstić information content (AvgIpc) is 3.47. The highest BCUT2D eigenvalue weighted by Crippen LogP contribution is 2.59. The summed E-state index contributed by atoms with van der Waals surface area (Å²) in [5, 5.41) is 2.96. The molecule has 1 saturated heterocycles. The van der Waals surface area contributed by atoms with Crippen LogP contribution in [-0.2, 0) is 27.4 Å². The molecule has 1 atom stereocenters. The lowest BCUT2D eigenvalue weighted by Crippen LogP contribution is -2.41. The average molecular weight is 467 g/mol. The highest BCUT2D eigenvalue weighted by molar-refractivity contribution is 7.89. The van der Waals surface area contributed by atoms with Crippen LogP contribution in [0.4, 0.5) is 13.2 Å². The summed E-state index contributed by atoms with van der Waals surface area (Å²) in [5.74, 6) is -0.190. The Morgan fingerprint density at radius 3 is 2.31 bits per heavy atom. The van der Waals surface area contributed by atoms with Gasteiger partial charge >= 0.3 is 6.18 Å². The number of carbonyl (C=O) groups is 1. The van der Waals surface area contributed by atoms with E-state index in [0.717, 1.165) is 28.4 Å². The highest BCUT2D eigenvalue weighted by Gasteiger charge is 2.59. The highest BCUT2D eigenvalue weighted by atomic mass is 32.2. The van der Waals surface area contributed by atoms with Gasteiger partial charge in [-0.25, -0.2) is 8.42 Å². The molecule has 172 valence electrons. The van der Waals surface area contributed by atoms with E-state index in [2.05, 4.69) is 5.32 Å². The molecule has 2 aliphatic rings. The first-order valence-electron chi connectivity index (χ1n) is 10.6. The zero-order chi connectivity index (χ0) is 23.0. The first-order valence-corrected chi connectivity index (χ1v) is 12.1. The molecule has 0 aromatic heterocycles. The molecule has 1 aliphatic heterocycles. The molecule has 4 rings (SSSR count). The van der Waals surface area contributed by atoms with Gasteiger partial charge < -0.3 is 5.32 Å². The first kappa shape index (κ1) is 22.8. The number of piperidine rings is 1. The van der Waals surface area contributed by atoms with Gasteiger partial charge in [0.25, 0.3) is 0 Å². The fraction of sp³-hybridized carbons (Fsp3) is 0.435. The smallest absolute Gasteiger partial charge is 0.356 e. The molecule has 9 heteroatoms. The van der Waals surface area contributed by atoms with Crippen molar-refractivity contribution in [3.8, 4) is 0 Å². The van der Waals surface area contributed by atoms with Crippen LogP contribution in [0, 0.1) is 11.3 Å². The summed E-state index contributed by atoms with van der Waals surface area (Å²) in [6.07, 6.45) is -2.39. The molecule has 1 heterocycles. The van der Waals surface area contributed by atoms with Gasteiger partial charge in [0, 0.05) is 25.6 Å². The lowest BCUT2D eigenvalue weighted by Gasteiger charge is -2.32. The zero-order valence-corrected chi connectivity index (χ0v) is 18.3. The molecule has 2 fully saturated rings. The monoisotopic (exact) mass is 466 g/mol. The molecular formula is C23H25F3N2O3S. The van der Waals surface area contributed by atoms with Gasteiger partial charge in [0.05, 0.1) is 10.5 Å². The van der Waals surface area contributed by atoms with E-state index in [1.54, 1.807) is 0 Å². The predicted molar refractivity (Wildman–Crippen MR) is 113 cm³/mol. The maximum absolute atomic E-state index is 13.3. The van der Waals surface area contributed by atoms with E-state index < -0.39 is 26.7 Å². The number of hydrogen-bond acceptors (Lipinski definition) is 3. The number of sulfonamides is 1. The number of benzene rings is 2. The Bertz CT molecular complexity index is 1080. The van der Waals surface area contributed by atoms with Crippen LogP contribution in [0.25, 0.3) is 0 Å². The molecular weight excluding hydrogens is 441 g/mol. The molecule has 0 bridgehead atoms. The van der Waals surface area contributed by atoms with Crippen molar-refractivity contribution >= 4 is 15.9 Å². The van der Waals surface area contributed by atoms with Crippen molar-refractivity contribution in [1.82, 2.24) is 9.62 Å². The molecule has 2 aromatic rings. The fourth-order valence-electron chi connectivity index (χ4n) is 4.61. The molecule has 5 nitrogen and oxygen atoms in total. The van der Waals surface area contributed by atoms with Crippen molar-refractivity contribution in [2.45, 2.75) is 36.8 Å². The number of carbonyl (C=O) groups excluding carboxylic acids is 1. The van der Waals surface area contributed by atoms with E-state index in [4.69, 9.17) is 0 Å². The minimum Gasteiger partial charge on any atom is -0.356 e. The number of alkyl halides is 3. The van der Waals surface area contributed by atoms with Crippen molar-refractivity contribution in [2.75, 3.05) is 19.6 Å². The topological polar surface area (TPSA) is 66.5 Å². The maximum Gasteiger partial charge on any atom is 0.417 e. The Hall–Kier alpha value is -2.39. The van der Waals surface area contributed by atoms with Crippen molar-refractivity contribution in [2.24, 2.45) is 11.3 Å². The summed E-state index contributed by atoms with van der Waals surface area (Å²) in [4.78, 5) is 11.8. The summed E-state index contributed by atoms with van der Waals surface area (Å²) >= 11 is 0.